The Morgan fingerprint density at radius 2 is 1.91 bits per heavy atom. The molecule has 0 saturated heterocycles. The molecule has 0 aliphatic carbocycles. The smallest absolute Gasteiger partial charge is 0.225 e. The summed E-state index contributed by atoms with van der Waals surface area (Å²) in [5.74, 6) is -0.595. The van der Waals surface area contributed by atoms with Crippen LogP contribution >= 0.6 is 0 Å². The minimum Gasteiger partial charge on any atom is -0.324 e. The summed E-state index contributed by atoms with van der Waals surface area (Å²) in [5.41, 5.74) is 1.45. The number of hydrogen-bond donors (Lipinski definition) is 1. The summed E-state index contributed by atoms with van der Waals surface area (Å²) in [6, 6.07) is 10.1. The number of carbonyl (C=O) groups is 1. The molecule has 0 spiro atoms. The summed E-state index contributed by atoms with van der Waals surface area (Å²) in [5, 5.41) is 2.59. The Bertz CT molecular complexity index is 604. The van der Waals surface area contributed by atoms with Gasteiger partial charge < -0.3 is 10.2 Å². The van der Waals surface area contributed by atoms with E-state index in [1.807, 2.05) is 19.2 Å². The molecule has 0 fully saturated rings. The van der Waals surface area contributed by atoms with E-state index in [2.05, 4.69) is 15.2 Å². The fraction of sp³-hybridized carbons (Fsp3) is 0.294. The highest BCUT2D eigenvalue weighted by Crippen LogP contribution is 2.12. The van der Waals surface area contributed by atoms with E-state index < -0.39 is 5.82 Å². The van der Waals surface area contributed by atoms with Gasteiger partial charge in [-0.25, -0.2) is 4.39 Å². The van der Waals surface area contributed by atoms with Crippen LogP contribution in [0.5, 0.6) is 0 Å². The van der Waals surface area contributed by atoms with Crippen LogP contribution in [-0.2, 0) is 11.2 Å². The molecule has 0 saturated carbocycles. The van der Waals surface area contributed by atoms with Crippen LogP contribution in [0.25, 0.3) is 0 Å². The third-order valence-corrected chi connectivity index (χ3v) is 3.40. The lowest BCUT2D eigenvalue weighted by Crippen LogP contribution is -2.26. The van der Waals surface area contributed by atoms with Gasteiger partial charge in [-0.2, -0.15) is 0 Å². The molecule has 1 N–H and O–H groups in total. The number of anilines is 1. The van der Waals surface area contributed by atoms with Crippen molar-refractivity contribution in [1.29, 1.82) is 0 Å². The van der Waals surface area contributed by atoms with Crippen molar-refractivity contribution in [2.75, 3.05) is 25.5 Å². The number of amides is 1. The van der Waals surface area contributed by atoms with Crippen LogP contribution in [0.3, 0.4) is 0 Å². The average Bonchev–Trinajstić information content (AvgIpc) is 2.54. The Balaban J connectivity index is 1.71. The second-order valence-corrected chi connectivity index (χ2v) is 5.19. The molecule has 0 unspecified atom stereocenters. The molecule has 0 atom stereocenters. The number of rotatable bonds is 7. The van der Waals surface area contributed by atoms with E-state index in [4.69, 9.17) is 0 Å². The van der Waals surface area contributed by atoms with Crippen molar-refractivity contribution in [3.05, 3.63) is 60.2 Å². The summed E-state index contributed by atoms with van der Waals surface area (Å²) in [4.78, 5) is 17.9. The Morgan fingerprint density at radius 1 is 1.18 bits per heavy atom. The van der Waals surface area contributed by atoms with Crippen molar-refractivity contribution < 1.29 is 9.18 Å². The molecule has 2 rings (SSSR count). The first-order chi connectivity index (χ1) is 10.6. The maximum atomic E-state index is 13.4. The standard InChI is InChI=1S/C17H20FN3O/c1-21(12-8-14-6-10-19-11-7-14)13-9-17(22)20-16-5-3-2-4-15(16)18/h2-7,10-11H,8-9,12-13H2,1H3,(H,20,22). The van der Waals surface area contributed by atoms with Crippen LogP contribution in [0.1, 0.15) is 12.0 Å². The molecule has 116 valence electrons. The zero-order valence-electron chi connectivity index (χ0n) is 12.6. The summed E-state index contributed by atoms with van der Waals surface area (Å²) in [6.45, 7) is 1.49. The first-order valence-corrected chi connectivity index (χ1v) is 7.27. The number of hydrogen-bond acceptors (Lipinski definition) is 3. The summed E-state index contributed by atoms with van der Waals surface area (Å²) < 4.78 is 13.4. The molecular formula is C17H20FN3O. The average molecular weight is 301 g/mol. The number of benzene rings is 1. The Labute approximate surface area is 130 Å². The van der Waals surface area contributed by atoms with Crippen LogP contribution in [-0.4, -0.2) is 35.9 Å². The van der Waals surface area contributed by atoms with Gasteiger partial charge in [0, 0.05) is 31.9 Å². The number of halogens is 1. The molecule has 4 nitrogen and oxygen atoms in total. The van der Waals surface area contributed by atoms with Crippen molar-refractivity contribution in [2.24, 2.45) is 0 Å². The Morgan fingerprint density at radius 3 is 2.64 bits per heavy atom. The zero-order valence-corrected chi connectivity index (χ0v) is 12.6. The normalized spacial score (nSPS) is 10.7. The summed E-state index contributed by atoms with van der Waals surface area (Å²) in [7, 11) is 1.97. The molecule has 5 heteroatoms. The van der Waals surface area contributed by atoms with Gasteiger partial charge in [-0.3, -0.25) is 9.78 Å². The van der Waals surface area contributed by atoms with Crippen molar-refractivity contribution in [3.8, 4) is 0 Å². The van der Waals surface area contributed by atoms with Crippen LogP contribution in [0, 0.1) is 5.82 Å². The lowest BCUT2D eigenvalue weighted by atomic mass is 10.2. The number of para-hydroxylation sites is 1. The number of nitrogens with one attached hydrogen (secondary N) is 1. The van der Waals surface area contributed by atoms with E-state index in [1.54, 1.807) is 30.6 Å². The van der Waals surface area contributed by atoms with Crippen LogP contribution < -0.4 is 5.32 Å². The van der Waals surface area contributed by atoms with Crippen molar-refractivity contribution in [2.45, 2.75) is 12.8 Å². The molecule has 0 aliphatic rings. The Kier molecular flexibility index (Phi) is 6.03. The topological polar surface area (TPSA) is 45.2 Å². The van der Waals surface area contributed by atoms with Crippen LogP contribution in [0.15, 0.2) is 48.8 Å². The molecule has 0 radical (unpaired) electrons. The minimum atomic E-state index is -0.415. The van der Waals surface area contributed by atoms with Gasteiger partial charge in [-0.1, -0.05) is 12.1 Å². The Hall–Kier alpha value is -2.27. The quantitative estimate of drug-likeness (QED) is 0.855. The molecular weight excluding hydrogens is 281 g/mol. The third-order valence-electron chi connectivity index (χ3n) is 3.40. The molecule has 2 aromatic rings. The maximum Gasteiger partial charge on any atom is 0.225 e. The molecule has 0 aliphatic heterocycles. The van der Waals surface area contributed by atoms with Crippen molar-refractivity contribution >= 4 is 11.6 Å². The monoisotopic (exact) mass is 301 g/mol. The van der Waals surface area contributed by atoms with Gasteiger partial charge in [-0.15, -0.1) is 0 Å². The predicted molar refractivity (Wildman–Crippen MR) is 85.1 cm³/mol. The first-order valence-electron chi connectivity index (χ1n) is 7.27. The third kappa shape index (κ3) is 5.26. The summed E-state index contributed by atoms with van der Waals surface area (Å²) in [6.07, 6.45) is 4.80. The van der Waals surface area contributed by atoms with Gasteiger partial charge in [0.2, 0.25) is 5.91 Å². The molecule has 1 aromatic heterocycles. The molecule has 0 bridgehead atoms. The van der Waals surface area contributed by atoms with Crippen molar-refractivity contribution in [3.63, 3.8) is 0 Å². The second-order valence-electron chi connectivity index (χ2n) is 5.19. The van der Waals surface area contributed by atoms with E-state index >= 15 is 0 Å². The van der Waals surface area contributed by atoms with E-state index in [9.17, 15) is 9.18 Å². The van der Waals surface area contributed by atoms with Gasteiger partial charge >= 0.3 is 0 Å². The highest BCUT2D eigenvalue weighted by Gasteiger charge is 2.08. The zero-order chi connectivity index (χ0) is 15.8. The van der Waals surface area contributed by atoms with E-state index in [0.717, 1.165) is 13.0 Å². The van der Waals surface area contributed by atoms with Crippen LogP contribution in [0.4, 0.5) is 10.1 Å². The van der Waals surface area contributed by atoms with Gasteiger partial charge in [-0.05, 0) is 43.3 Å². The van der Waals surface area contributed by atoms with Crippen LogP contribution in [0.2, 0.25) is 0 Å². The molecule has 1 amide bonds. The lowest BCUT2D eigenvalue weighted by molar-refractivity contribution is -0.116. The van der Waals surface area contributed by atoms with Gasteiger partial charge in [0.25, 0.3) is 0 Å². The fourth-order valence-corrected chi connectivity index (χ4v) is 2.05. The minimum absolute atomic E-state index is 0.180. The largest absolute Gasteiger partial charge is 0.324 e. The summed E-state index contributed by atoms with van der Waals surface area (Å²) >= 11 is 0. The lowest BCUT2D eigenvalue weighted by Gasteiger charge is -2.16. The predicted octanol–water partition coefficient (Wildman–Crippen LogP) is 2.72. The number of aromatic nitrogens is 1. The van der Waals surface area contributed by atoms with Gasteiger partial charge in [0.1, 0.15) is 5.82 Å². The molecule has 22 heavy (non-hydrogen) atoms. The molecule has 1 aromatic carbocycles. The molecule has 1 heterocycles. The van der Waals surface area contributed by atoms with E-state index in [0.29, 0.717) is 13.0 Å². The number of pyridine rings is 1. The maximum absolute atomic E-state index is 13.4. The number of nitrogens with zero attached hydrogens (tertiary/aromatic N) is 2. The fourth-order valence-electron chi connectivity index (χ4n) is 2.05. The van der Waals surface area contributed by atoms with Crippen molar-refractivity contribution in [1.82, 2.24) is 9.88 Å². The number of likely N-dealkylation sites (N-methyl/N-ethyl adjacent to an activating group) is 1. The van der Waals surface area contributed by atoms with Gasteiger partial charge in [0.05, 0.1) is 5.69 Å². The van der Waals surface area contributed by atoms with E-state index in [1.165, 1.54) is 11.6 Å². The highest BCUT2D eigenvalue weighted by molar-refractivity contribution is 5.90. The van der Waals surface area contributed by atoms with Gasteiger partial charge in [0.15, 0.2) is 0 Å². The second kappa shape index (κ2) is 8.24. The SMILES string of the molecule is CN(CCC(=O)Nc1ccccc1F)CCc1ccncc1. The highest BCUT2D eigenvalue weighted by atomic mass is 19.1. The number of carbonyl (C=O) groups excluding carboxylic acids is 1. The first kappa shape index (κ1) is 16.1. The van der Waals surface area contributed by atoms with E-state index in [-0.39, 0.29) is 11.6 Å².